The number of aromatic nitrogens is 2. The first-order valence-electron chi connectivity index (χ1n) is 7.28. The number of carbonyl (C=O) groups is 2. The third kappa shape index (κ3) is 3.90. The van der Waals surface area contributed by atoms with Crippen molar-refractivity contribution >= 4 is 23.5 Å². The molecule has 1 unspecified atom stereocenters. The lowest BCUT2D eigenvalue weighted by atomic mass is 10.1. The fourth-order valence-electron chi connectivity index (χ4n) is 2.28. The van der Waals surface area contributed by atoms with Crippen molar-refractivity contribution in [2.24, 2.45) is 0 Å². The SMILES string of the molecule is CCCC(NC(=O)c1cnn(-c2cccc(Cl)c2)c1C)C(=O)O. The van der Waals surface area contributed by atoms with Crippen LogP contribution in [0.4, 0.5) is 0 Å². The summed E-state index contributed by atoms with van der Waals surface area (Å²) in [4.78, 5) is 23.5. The van der Waals surface area contributed by atoms with Gasteiger partial charge in [0.1, 0.15) is 6.04 Å². The zero-order valence-corrected chi connectivity index (χ0v) is 13.7. The fraction of sp³-hybridized carbons (Fsp3) is 0.312. The summed E-state index contributed by atoms with van der Waals surface area (Å²) in [6.45, 7) is 3.61. The van der Waals surface area contributed by atoms with Crippen LogP contribution in [-0.4, -0.2) is 32.8 Å². The molecular formula is C16H18ClN3O3. The molecule has 0 aliphatic carbocycles. The van der Waals surface area contributed by atoms with Gasteiger partial charge in [-0.25, -0.2) is 9.48 Å². The van der Waals surface area contributed by atoms with Crippen LogP contribution in [0, 0.1) is 6.92 Å². The molecule has 0 radical (unpaired) electrons. The Morgan fingerprint density at radius 1 is 1.43 bits per heavy atom. The Hall–Kier alpha value is -2.34. The zero-order chi connectivity index (χ0) is 17.0. The van der Waals surface area contributed by atoms with Crippen molar-refractivity contribution in [2.45, 2.75) is 32.7 Å². The minimum Gasteiger partial charge on any atom is -0.480 e. The van der Waals surface area contributed by atoms with Crippen LogP contribution in [0.5, 0.6) is 0 Å². The molecule has 7 heteroatoms. The second-order valence-corrected chi connectivity index (χ2v) is 5.62. The maximum absolute atomic E-state index is 12.3. The van der Waals surface area contributed by atoms with Crippen molar-refractivity contribution in [1.82, 2.24) is 15.1 Å². The Morgan fingerprint density at radius 2 is 2.17 bits per heavy atom. The molecule has 0 bridgehead atoms. The molecule has 2 aromatic rings. The molecule has 0 aliphatic rings. The van der Waals surface area contributed by atoms with Crippen molar-refractivity contribution in [3.05, 3.63) is 46.7 Å². The van der Waals surface area contributed by atoms with Crippen molar-refractivity contribution in [2.75, 3.05) is 0 Å². The Morgan fingerprint density at radius 3 is 2.78 bits per heavy atom. The van der Waals surface area contributed by atoms with Gasteiger partial charge in [-0.15, -0.1) is 0 Å². The molecule has 0 saturated heterocycles. The van der Waals surface area contributed by atoms with Gasteiger partial charge in [0.25, 0.3) is 5.91 Å². The number of carbonyl (C=O) groups excluding carboxylic acids is 1. The van der Waals surface area contributed by atoms with E-state index in [-0.39, 0.29) is 0 Å². The molecule has 2 rings (SSSR count). The van der Waals surface area contributed by atoms with Gasteiger partial charge < -0.3 is 10.4 Å². The quantitative estimate of drug-likeness (QED) is 0.850. The van der Waals surface area contributed by atoms with E-state index < -0.39 is 17.9 Å². The predicted octanol–water partition coefficient (Wildman–Crippen LogP) is 2.82. The highest BCUT2D eigenvalue weighted by molar-refractivity contribution is 6.30. The van der Waals surface area contributed by atoms with Crippen LogP contribution in [0.25, 0.3) is 5.69 Å². The summed E-state index contributed by atoms with van der Waals surface area (Å²) in [6, 6.07) is 6.20. The van der Waals surface area contributed by atoms with Crippen molar-refractivity contribution in [3.8, 4) is 5.69 Å². The van der Waals surface area contributed by atoms with E-state index in [1.807, 2.05) is 13.0 Å². The van der Waals surface area contributed by atoms with E-state index in [9.17, 15) is 9.59 Å². The first kappa shape index (κ1) is 17.0. The van der Waals surface area contributed by atoms with Gasteiger partial charge in [0, 0.05) is 5.02 Å². The van der Waals surface area contributed by atoms with Crippen LogP contribution in [0.1, 0.15) is 35.8 Å². The summed E-state index contributed by atoms with van der Waals surface area (Å²) >= 11 is 5.97. The number of nitrogens with one attached hydrogen (secondary N) is 1. The van der Waals surface area contributed by atoms with Gasteiger partial charge in [-0.1, -0.05) is 31.0 Å². The Kier molecular flexibility index (Phi) is 5.39. The molecule has 0 aliphatic heterocycles. The molecule has 0 spiro atoms. The maximum Gasteiger partial charge on any atom is 0.326 e. The largest absolute Gasteiger partial charge is 0.480 e. The number of hydrogen-bond acceptors (Lipinski definition) is 3. The molecule has 1 aromatic carbocycles. The lowest BCUT2D eigenvalue weighted by Crippen LogP contribution is -2.40. The standard InChI is InChI=1S/C16H18ClN3O3/c1-3-5-14(16(22)23)19-15(21)13-9-18-20(10(13)2)12-7-4-6-11(17)8-12/h4,6-9,14H,3,5H2,1-2H3,(H,19,21)(H,22,23). The first-order valence-corrected chi connectivity index (χ1v) is 7.66. The molecule has 2 N–H and O–H groups in total. The predicted molar refractivity (Wildman–Crippen MR) is 87.1 cm³/mol. The van der Waals surface area contributed by atoms with E-state index in [1.165, 1.54) is 6.20 Å². The number of halogens is 1. The highest BCUT2D eigenvalue weighted by Gasteiger charge is 2.22. The number of benzene rings is 1. The van der Waals surface area contributed by atoms with Gasteiger partial charge in [0.2, 0.25) is 0 Å². The zero-order valence-electron chi connectivity index (χ0n) is 12.9. The molecule has 23 heavy (non-hydrogen) atoms. The van der Waals surface area contributed by atoms with Crippen LogP contribution < -0.4 is 5.32 Å². The third-order valence-electron chi connectivity index (χ3n) is 3.49. The monoisotopic (exact) mass is 335 g/mol. The average molecular weight is 336 g/mol. The van der Waals surface area contributed by atoms with Crippen LogP contribution >= 0.6 is 11.6 Å². The average Bonchev–Trinajstić information content (AvgIpc) is 2.88. The van der Waals surface area contributed by atoms with E-state index in [0.717, 1.165) is 5.69 Å². The van der Waals surface area contributed by atoms with E-state index in [1.54, 1.807) is 29.8 Å². The number of carboxylic acid groups (broad SMARTS) is 1. The summed E-state index contributed by atoms with van der Waals surface area (Å²) in [6.07, 6.45) is 2.47. The van der Waals surface area contributed by atoms with E-state index >= 15 is 0 Å². The number of hydrogen-bond donors (Lipinski definition) is 2. The van der Waals surface area contributed by atoms with Crippen LogP contribution in [0.15, 0.2) is 30.5 Å². The molecular weight excluding hydrogens is 318 g/mol. The molecule has 1 amide bonds. The Bertz CT molecular complexity index is 727. The summed E-state index contributed by atoms with van der Waals surface area (Å²) in [7, 11) is 0. The molecule has 1 atom stereocenters. The summed E-state index contributed by atoms with van der Waals surface area (Å²) < 4.78 is 1.59. The number of amides is 1. The fourth-order valence-corrected chi connectivity index (χ4v) is 2.47. The molecule has 6 nitrogen and oxygen atoms in total. The molecule has 1 aromatic heterocycles. The first-order chi connectivity index (χ1) is 10.9. The highest BCUT2D eigenvalue weighted by Crippen LogP contribution is 2.18. The summed E-state index contributed by atoms with van der Waals surface area (Å²) in [5.74, 6) is -1.49. The minimum atomic E-state index is -1.04. The Balaban J connectivity index is 2.24. The lowest BCUT2D eigenvalue weighted by molar-refractivity contribution is -0.139. The lowest BCUT2D eigenvalue weighted by Gasteiger charge is -2.13. The van der Waals surface area contributed by atoms with Gasteiger partial charge in [0.15, 0.2) is 0 Å². The van der Waals surface area contributed by atoms with Gasteiger partial charge >= 0.3 is 5.97 Å². The van der Waals surface area contributed by atoms with Gasteiger partial charge in [0.05, 0.1) is 23.1 Å². The Labute approximate surface area is 139 Å². The van der Waals surface area contributed by atoms with Gasteiger partial charge in [-0.2, -0.15) is 5.10 Å². The summed E-state index contributed by atoms with van der Waals surface area (Å²) in [5, 5.41) is 16.4. The van der Waals surface area contributed by atoms with E-state index in [0.29, 0.717) is 29.1 Å². The van der Waals surface area contributed by atoms with Crippen molar-refractivity contribution in [1.29, 1.82) is 0 Å². The van der Waals surface area contributed by atoms with Gasteiger partial charge in [-0.05, 0) is 31.5 Å². The number of rotatable bonds is 6. The molecule has 1 heterocycles. The number of nitrogens with zero attached hydrogens (tertiary/aromatic N) is 2. The number of carboxylic acids is 1. The highest BCUT2D eigenvalue weighted by atomic mass is 35.5. The van der Waals surface area contributed by atoms with Crippen LogP contribution in [-0.2, 0) is 4.79 Å². The normalized spacial score (nSPS) is 12.0. The topological polar surface area (TPSA) is 84.2 Å². The maximum atomic E-state index is 12.3. The van der Waals surface area contributed by atoms with Crippen molar-refractivity contribution < 1.29 is 14.7 Å². The van der Waals surface area contributed by atoms with E-state index in [4.69, 9.17) is 16.7 Å². The van der Waals surface area contributed by atoms with Crippen LogP contribution in [0.3, 0.4) is 0 Å². The molecule has 122 valence electrons. The smallest absolute Gasteiger partial charge is 0.326 e. The molecule has 0 fully saturated rings. The molecule has 0 saturated carbocycles. The second kappa shape index (κ2) is 7.28. The van der Waals surface area contributed by atoms with Gasteiger partial charge in [-0.3, -0.25) is 4.79 Å². The second-order valence-electron chi connectivity index (χ2n) is 5.19. The minimum absolute atomic E-state index is 0.340. The third-order valence-corrected chi connectivity index (χ3v) is 3.72. The summed E-state index contributed by atoms with van der Waals surface area (Å²) in [5.41, 5.74) is 1.69. The van der Waals surface area contributed by atoms with Crippen LogP contribution in [0.2, 0.25) is 5.02 Å². The number of aliphatic carboxylic acids is 1. The van der Waals surface area contributed by atoms with Crippen molar-refractivity contribution in [3.63, 3.8) is 0 Å². The van der Waals surface area contributed by atoms with E-state index in [2.05, 4.69) is 10.4 Å².